The minimum atomic E-state index is -1.31. The highest BCUT2D eigenvalue weighted by atomic mass is 32.1. The van der Waals surface area contributed by atoms with E-state index in [1.165, 1.54) is 16.2 Å². The number of carbonyl (C=O) groups excluding carboxylic acids is 4. The van der Waals surface area contributed by atoms with Crippen molar-refractivity contribution in [2.75, 3.05) is 6.54 Å². The fraction of sp³-hybridized carbons (Fsp3) is 0.500. The van der Waals surface area contributed by atoms with E-state index in [2.05, 4.69) is 25.9 Å². The number of nitrogens with one attached hydrogen (secondary N) is 3. The smallest absolute Gasteiger partial charge is 0.408 e. The molecule has 3 fully saturated rings. The van der Waals surface area contributed by atoms with Crippen LogP contribution in [0.1, 0.15) is 70.6 Å². The molecular weight excluding hydrogens is 673 g/mol. The van der Waals surface area contributed by atoms with Crippen LogP contribution >= 0.6 is 11.3 Å². The van der Waals surface area contributed by atoms with Crippen LogP contribution in [0.2, 0.25) is 0 Å². The van der Waals surface area contributed by atoms with Gasteiger partial charge < -0.3 is 25.0 Å². The molecule has 3 N–H and O–H groups in total. The Balaban J connectivity index is 1.19. The molecule has 2 saturated carbocycles. The second-order valence-corrected chi connectivity index (χ2v) is 14.5. The summed E-state index contributed by atoms with van der Waals surface area (Å²) in [5.41, 5.74) is -0.0695. The van der Waals surface area contributed by atoms with Crippen molar-refractivity contribution in [2.45, 2.75) is 100 Å². The summed E-state index contributed by atoms with van der Waals surface area (Å²) < 4.78 is 12.9. The minimum Gasteiger partial charge on any atom is -0.471 e. The van der Waals surface area contributed by atoms with Crippen LogP contribution in [0, 0.1) is 17.4 Å². The molecule has 4 aliphatic rings. The Morgan fingerprint density at radius 1 is 1.06 bits per heavy atom. The lowest BCUT2D eigenvalue weighted by atomic mass is 10.0. The Hall–Kier alpha value is -5.10. The minimum absolute atomic E-state index is 0.0310. The van der Waals surface area contributed by atoms with Crippen molar-refractivity contribution in [3.63, 3.8) is 0 Å². The Kier molecular flexibility index (Phi) is 10.1. The number of rotatable bonds is 6. The van der Waals surface area contributed by atoms with Crippen molar-refractivity contribution in [1.82, 2.24) is 35.8 Å². The molecule has 15 heteroatoms. The number of allylic oxidation sites excluding steroid dienone is 1. The highest BCUT2D eigenvalue weighted by molar-refractivity contribution is 7.17. The molecule has 0 bridgehead atoms. The summed E-state index contributed by atoms with van der Waals surface area (Å²) in [4.78, 5) is 70.1. The van der Waals surface area contributed by atoms with E-state index in [9.17, 15) is 24.4 Å². The molecule has 2 aliphatic carbocycles. The van der Waals surface area contributed by atoms with Crippen LogP contribution in [0.15, 0.2) is 48.0 Å². The highest BCUT2D eigenvalue weighted by Gasteiger charge is 2.61. The van der Waals surface area contributed by atoms with Crippen molar-refractivity contribution < 1.29 is 28.7 Å². The quantitative estimate of drug-likeness (QED) is 0.190. The molecule has 266 valence electrons. The van der Waals surface area contributed by atoms with Gasteiger partial charge in [-0.2, -0.15) is 10.2 Å². The van der Waals surface area contributed by atoms with Gasteiger partial charge >= 0.3 is 6.09 Å². The predicted molar refractivity (Wildman–Crippen MR) is 186 cm³/mol. The summed E-state index contributed by atoms with van der Waals surface area (Å²) in [5, 5.41) is 19.1. The number of thiophene rings is 1. The number of amides is 4. The molecule has 0 spiro atoms. The topological polar surface area (TPSA) is 189 Å². The second kappa shape index (κ2) is 15.0. The summed E-state index contributed by atoms with van der Waals surface area (Å²) in [5.74, 6) is -1.18. The van der Waals surface area contributed by atoms with E-state index >= 15 is 0 Å². The van der Waals surface area contributed by atoms with E-state index in [1.807, 2.05) is 29.7 Å². The number of alkyl carbamates (subject to hydrolysis) is 1. The number of hydrogen-bond acceptors (Lipinski definition) is 11. The molecule has 7 rings (SSSR count). The summed E-state index contributed by atoms with van der Waals surface area (Å²) >= 11 is 1.41. The van der Waals surface area contributed by atoms with Gasteiger partial charge in [0.1, 0.15) is 40.2 Å². The molecule has 51 heavy (non-hydrogen) atoms. The molecule has 5 heterocycles. The van der Waals surface area contributed by atoms with Crippen LogP contribution in [0.3, 0.4) is 0 Å². The standard InChI is InChI=1S/C36H40N8O6S/c37-21-39-34(47)36-19-22(36)10-4-2-1-3-5-14-27(41-35(48)50-23-11-6-7-12-23)33(46)44-20-24(18-28(44)31(45)43-36)49-32-29-25(15-17-51-29)40-30(42-32)26-13-8-9-16-38-26/h4,8-10,13,15-17,22-24,27-28H,1-3,5-7,11-12,14,18-20H2,(H,39,47)(H,41,48)(H,43,45)/b10-4+/t22?,24-,27-,28+,36-/m1/s1. The normalized spacial score (nSPS) is 27.5. The maximum atomic E-state index is 14.5. The fourth-order valence-electron chi connectivity index (χ4n) is 7.35. The number of hydrogen-bond donors (Lipinski definition) is 3. The third kappa shape index (κ3) is 7.51. The van der Waals surface area contributed by atoms with Gasteiger partial charge in [-0.1, -0.05) is 31.1 Å². The lowest BCUT2D eigenvalue weighted by Gasteiger charge is -2.29. The zero-order valence-electron chi connectivity index (χ0n) is 28.1. The number of fused-ring (bicyclic) bond motifs is 3. The second-order valence-electron chi connectivity index (χ2n) is 13.6. The molecule has 3 aromatic rings. The average molecular weight is 713 g/mol. The molecule has 1 saturated heterocycles. The van der Waals surface area contributed by atoms with E-state index in [4.69, 9.17) is 14.5 Å². The number of pyridine rings is 1. The molecule has 3 aromatic heterocycles. The Bertz CT molecular complexity index is 1860. The van der Waals surface area contributed by atoms with Crippen LogP contribution in [0.4, 0.5) is 4.79 Å². The highest BCUT2D eigenvalue weighted by Crippen LogP contribution is 2.45. The fourth-order valence-corrected chi connectivity index (χ4v) is 8.11. The van der Waals surface area contributed by atoms with Gasteiger partial charge in [-0.25, -0.2) is 9.78 Å². The molecule has 2 aliphatic heterocycles. The SMILES string of the molecule is N#CNC(=O)[C@@]12CC1/C=C/CCCCC[C@@H](NC(=O)OC1CCCC1)C(=O)N1C[C@H](Oc3nc(-c4ccccn4)nc4ccsc34)C[C@H]1C(=O)N2. The molecule has 4 amide bonds. The van der Waals surface area contributed by atoms with Crippen LogP contribution in [0.25, 0.3) is 21.7 Å². The van der Waals surface area contributed by atoms with E-state index in [1.54, 1.807) is 24.5 Å². The molecule has 0 radical (unpaired) electrons. The molecular formula is C36H40N8O6S. The summed E-state index contributed by atoms with van der Waals surface area (Å²) in [7, 11) is 0. The summed E-state index contributed by atoms with van der Waals surface area (Å²) in [6.45, 7) is 0.0310. The first kappa shape index (κ1) is 34.4. The van der Waals surface area contributed by atoms with Crippen molar-refractivity contribution in [1.29, 1.82) is 5.26 Å². The van der Waals surface area contributed by atoms with Crippen molar-refractivity contribution in [2.24, 2.45) is 5.92 Å². The number of nitriles is 1. The Labute approximate surface area is 299 Å². The predicted octanol–water partition coefficient (Wildman–Crippen LogP) is 4.13. The van der Waals surface area contributed by atoms with Crippen LogP contribution in [-0.2, 0) is 19.1 Å². The zero-order chi connectivity index (χ0) is 35.4. The molecule has 1 unspecified atom stereocenters. The van der Waals surface area contributed by atoms with Crippen molar-refractivity contribution in [3.8, 4) is 23.6 Å². The number of nitrogens with zero attached hydrogens (tertiary/aromatic N) is 5. The van der Waals surface area contributed by atoms with Gasteiger partial charge in [0.2, 0.25) is 17.7 Å². The van der Waals surface area contributed by atoms with E-state index in [0.29, 0.717) is 46.9 Å². The molecule has 14 nitrogen and oxygen atoms in total. The first-order valence-electron chi connectivity index (χ1n) is 17.6. The number of aromatic nitrogens is 3. The van der Waals surface area contributed by atoms with Gasteiger partial charge in [-0.05, 0) is 74.9 Å². The Morgan fingerprint density at radius 3 is 2.71 bits per heavy atom. The maximum Gasteiger partial charge on any atom is 0.408 e. The van der Waals surface area contributed by atoms with Gasteiger partial charge in [0.05, 0.1) is 12.1 Å². The van der Waals surface area contributed by atoms with Gasteiger partial charge in [0.15, 0.2) is 12.0 Å². The van der Waals surface area contributed by atoms with Crippen LogP contribution in [-0.4, -0.2) is 80.0 Å². The van der Waals surface area contributed by atoms with Gasteiger partial charge in [-0.15, -0.1) is 11.3 Å². The third-order valence-electron chi connectivity index (χ3n) is 10.1. The van der Waals surface area contributed by atoms with Gasteiger partial charge in [-0.3, -0.25) is 24.7 Å². The zero-order valence-corrected chi connectivity index (χ0v) is 28.9. The van der Waals surface area contributed by atoms with E-state index < -0.39 is 47.5 Å². The average Bonchev–Trinajstić information content (AvgIpc) is 3.58. The summed E-state index contributed by atoms with van der Waals surface area (Å²) in [6, 6.07) is 5.34. The third-order valence-corrected chi connectivity index (χ3v) is 11.0. The maximum absolute atomic E-state index is 14.5. The first-order chi connectivity index (χ1) is 24.8. The lowest BCUT2D eigenvalue weighted by Crippen LogP contribution is -2.57. The Morgan fingerprint density at radius 2 is 1.90 bits per heavy atom. The van der Waals surface area contributed by atoms with Crippen LogP contribution in [0.5, 0.6) is 5.88 Å². The van der Waals surface area contributed by atoms with Gasteiger partial charge in [0.25, 0.3) is 5.91 Å². The summed E-state index contributed by atoms with van der Waals surface area (Å²) in [6.07, 6.45) is 13.2. The molecule has 5 atom stereocenters. The number of ether oxygens (including phenoxy) is 2. The number of carbonyl (C=O) groups is 4. The molecule has 0 aromatic carbocycles. The monoisotopic (exact) mass is 712 g/mol. The van der Waals surface area contributed by atoms with Crippen LogP contribution < -0.4 is 20.7 Å². The van der Waals surface area contributed by atoms with Crippen molar-refractivity contribution >= 4 is 45.4 Å². The largest absolute Gasteiger partial charge is 0.471 e. The van der Waals surface area contributed by atoms with Crippen molar-refractivity contribution in [3.05, 3.63) is 48.0 Å². The first-order valence-corrected chi connectivity index (χ1v) is 18.5. The lowest BCUT2D eigenvalue weighted by molar-refractivity contribution is -0.141. The van der Waals surface area contributed by atoms with E-state index in [-0.39, 0.29) is 25.0 Å². The van der Waals surface area contributed by atoms with Gasteiger partial charge in [0, 0.05) is 18.5 Å². The van der Waals surface area contributed by atoms with E-state index in [0.717, 1.165) is 44.9 Å².